The molecular formula is C14H20N2O2. The lowest BCUT2D eigenvalue weighted by molar-refractivity contribution is 0.0937. The van der Waals surface area contributed by atoms with Gasteiger partial charge in [0.1, 0.15) is 5.75 Å². The third-order valence-corrected chi connectivity index (χ3v) is 3.19. The van der Waals surface area contributed by atoms with Crippen molar-refractivity contribution in [2.45, 2.75) is 38.6 Å². The van der Waals surface area contributed by atoms with Crippen LogP contribution in [0, 0.1) is 0 Å². The summed E-state index contributed by atoms with van der Waals surface area (Å²) in [6.07, 6.45) is 4.55. The maximum absolute atomic E-state index is 12.1. The molecule has 2 rings (SSSR count). The Morgan fingerprint density at radius 2 is 2.11 bits per heavy atom. The summed E-state index contributed by atoms with van der Waals surface area (Å²) in [7, 11) is 0. The standard InChI is InChI=1S/C14H20N2O2/c1-2-18-13-8-10(7-11(15)9-13)14(17)16-12-5-3-4-6-12/h7-9,12H,2-6,15H2,1H3,(H,16,17). The second-order valence-corrected chi connectivity index (χ2v) is 4.68. The van der Waals surface area contributed by atoms with E-state index in [2.05, 4.69) is 5.32 Å². The summed E-state index contributed by atoms with van der Waals surface area (Å²) in [6, 6.07) is 5.47. The van der Waals surface area contributed by atoms with Gasteiger partial charge in [-0.3, -0.25) is 4.79 Å². The fourth-order valence-corrected chi connectivity index (χ4v) is 2.34. The number of hydrogen-bond donors (Lipinski definition) is 2. The Morgan fingerprint density at radius 3 is 2.78 bits per heavy atom. The topological polar surface area (TPSA) is 64.3 Å². The lowest BCUT2D eigenvalue weighted by atomic mass is 10.1. The van der Waals surface area contributed by atoms with E-state index in [0.717, 1.165) is 12.8 Å². The van der Waals surface area contributed by atoms with E-state index in [9.17, 15) is 4.79 Å². The molecule has 0 radical (unpaired) electrons. The highest BCUT2D eigenvalue weighted by molar-refractivity contribution is 5.95. The van der Waals surface area contributed by atoms with E-state index >= 15 is 0 Å². The van der Waals surface area contributed by atoms with Crippen molar-refractivity contribution in [2.75, 3.05) is 12.3 Å². The molecule has 0 unspecified atom stereocenters. The van der Waals surface area contributed by atoms with Crippen molar-refractivity contribution in [2.24, 2.45) is 0 Å². The van der Waals surface area contributed by atoms with Crippen LogP contribution in [-0.2, 0) is 0 Å². The SMILES string of the molecule is CCOc1cc(N)cc(C(=O)NC2CCCC2)c1. The van der Waals surface area contributed by atoms with Gasteiger partial charge < -0.3 is 15.8 Å². The molecule has 0 saturated heterocycles. The van der Waals surface area contributed by atoms with Crippen LogP contribution in [0.25, 0.3) is 0 Å². The molecule has 18 heavy (non-hydrogen) atoms. The molecule has 0 spiro atoms. The van der Waals surface area contributed by atoms with Crippen molar-refractivity contribution in [3.05, 3.63) is 23.8 Å². The van der Waals surface area contributed by atoms with E-state index in [0.29, 0.717) is 29.6 Å². The van der Waals surface area contributed by atoms with Crippen LogP contribution in [-0.4, -0.2) is 18.6 Å². The van der Waals surface area contributed by atoms with Gasteiger partial charge in [-0.15, -0.1) is 0 Å². The van der Waals surface area contributed by atoms with Crippen LogP contribution in [0.3, 0.4) is 0 Å². The fourth-order valence-electron chi connectivity index (χ4n) is 2.34. The number of nitrogens with one attached hydrogen (secondary N) is 1. The van der Waals surface area contributed by atoms with Gasteiger partial charge in [0.05, 0.1) is 6.61 Å². The summed E-state index contributed by atoms with van der Waals surface area (Å²) in [5.41, 5.74) is 6.90. The van der Waals surface area contributed by atoms with Crippen LogP contribution in [0.2, 0.25) is 0 Å². The number of benzene rings is 1. The van der Waals surface area contributed by atoms with E-state index < -0.39 is 0 Å². The van der Waals surface area contributed by atoms with Crippen molar-refractivity contribution in [3.8, 4) is 5.75 Å². The van der Waals surface area contributed by atoms with Gasteiger partial charge in [0, 0.05) is 23.4 Å². The largest absolute Gasteiger partial charge is 0.494 e. The Hall–Kier alpha value is -1.71. The molecular weight excluding hydrogens is 228 g/mol. The van der Waals surface area contributed by atoms with Gasteiger partial charge in [-0.1, -0.05) is 12.8 Å². The normalized spacial score (nSPS) is 15.6. The highest BCUT2D eigenvalue weighted by Gasteiger charge is 2.18. The van der Waals surface area contributed by atoms with Crippen LogP contribution in [0.1, 0.15) is 43.0 Å². The summed E-state index contributed by atoms with van der Waals surface area (Å²) in [4.78, 5) is 12.1. The second kappa shape index (κ2) is 5.76. The van der Waals surface area contributed by atoms with E-state index in [1.807, 2.05) is 6.92 Å². The number of hydrogen-bond acceptors (Lipinski definition) is 3. The zero-order chi connectivity index (χ0) is 13.0. The van der Waals surface area contributed by atoms with Gasteiger partial charge >= 0.3 is 0 Å². The Kier molecular flexibility index (Phi) is 4.07. The molecule has 98 valence electrons. The molecule has 1 amide bonds. The van der Waals surface area contributed by atoms with Crippen molar-refractivity contribution in [1.82, 2.24) is 5.32 Å². The van der Waals surface area contributed by atoms with Crippen molar-refractivity contribution in [1.29, 1.82) is 0 Å². The number of nitrogen functional groups attached to an aromatic ring is 1. The summed E-state index contributed by atoms with van der Waals surface area (Å²) in [6.45, 7) is 2.47. The maximum Gasteiger partial charge on any atom is 0.251 e. The van der Waals surface area contributed by atoms with Crippen molar-refractivity contribution in [3.63, 3.8) is 0 Å². The molecule has 1 aliphatic carbocycles. The van der Waals surface area contributed by atoms with Gasteiger partial charge in [-0.25, -0.2) is 0 Å². The Balaban J connectivity index is 2.08. The van der Waals surface area contributed by atoms with E-state index in [-0.39, 0.29) is 5.91 Å². The lowest BCUT2D eigenvalue weighted by Gasteiger charge is -2.13. The van der Waals surface area contributed by atoms with Crippen molar-refractivity contribution >= 4 is 11.6 Å². The monoisotopic (exact) mass is 248 g/mol. The smallest absolute Gasteiger partial charge is 0.251 e. The first kappa shape index (κ1) is 12.7. The molecule has 1 aromatic rings. The molecule has 3 N–H and O–H groups in total. The number of carbonyl (C=O) groups excluding carboxylic acids is 1. The Bertz CT molecular complexity index is 426. The average molecular weight is 248 g/mol. The number of carbonyl (C=O) groups is 1. The van der Waals surface area contributed by atoms with Gasteiger partial charge in [0.15, 0.2) is 0 Å². The third-order valence-electron chi connectivity index (χ3n) is 3.19. The molecule has 4 heteroatoms. The number of anilines is 1. The Morgan fingerprint density at radius 1 is 1.39 bits per heavy atom. The number of ether oxygens (including phenoxy) is 1. The molecule has 0 bridgehead atoms. The van der Waals surface area contributed by atoms with Crippen LogP contribution in [0.5, 0.6) is 5.75 Å². The molecule has 0 atom stereocenters. The first-order valence-corrected chi connectivity index (χ1v) is 6.53. The minimum atomic E-state index is -0.0600. The predicted octanol–water partition coefficient (Wildman–Crippen LogP) is 2.34. The highest BCUT2D eigenvalue weighted by atomic mass is 16.5. The third kappa shape index (κ3) is 3.15. The first-order valence-electron chi connectivity index (χ1n) is 6.53. The number of rotatable bonds is 4. The van der Waals surface area contributed by atoms with E-state index in [4.69, 9.17) is 10.5 Å². The second-order valence-electron chi connectivity index (χ2n) is 4.68. The van der Waals surface area contributed by atoms with Crippen LogP contribution in [0.15, 0.2) is 18.2 Å². The molecule has 0 aliphatic heterocycles. The fraction of sp³-hybridized carbons (Fsp3) is 0.500. The van der Waals surface area contributed by atoms with Crippen LogP contribution >= 0.6 is 0 Å². The molecule has 1 aliphatic rings. The Labute approximate surface area is 108 Å². The molecule has 4 nitrogen and oxygen atoms in total. The molecule has 0 aromatic heterocycles. The zero-order valence-corrected chi connectivity index (χ0v) is 10.7. The zero-order valence-electron chi connectivity index (χ0n) is 10.7. The minimum absolute atomic E-state index is 0.0600. The minimum Gasteiger partial charge on any atom is -0.494 e. The van der Waals surface area contributed by atoms with E-state index in [1.54, 1.807) is 18.2 Å². The maximum atomic E-state index is 12.1. The highest BCUT2D eigenvalue weighted by Crippen LogP contribution is 2.21. The van der Waals surface area contributed by atoms with E-state index in [1.165, 1.54) is 12.8 Å². The molecule has 1 saturated carbocycles. The quantitative estimate of drug-likeness (QED) is 0.804. The lowest BCUT2D eigenvalue weighted by Crippen LogP contribution is -2.32. The van der Waals surface area contributed by atoms with Crippen LogP contribution in [0.4, 0.5) is 5.69 Å². The summed E-state index contributed by atoms with van der Waals surface area (Å²) < 4.78 is 5.39. The van der Waals surface area contributed by atoms with Crippen LogP contribution < -0.4 is 15.8 Å². The van der Waals surface area contributed by atoms with Gasteiger partial charge in [-0.2, -0.15) is 0 Å². The average Bonchev–Trinajstić information content (AvgIpc) is 2.81. The number of nitrogens with two attached hydrogens (primary N) is 1. The molecule has 1 aromatic carbocycles. The molecule has 0 heterocycles. The predicted molar refractivity (Wildman–Crippen MR) is 71.7 cm³/mol. The first-order chi connectivity index (χ1) is 8.69. The van der Waals surface area contributed by atoms with Crippen molar-refractivity contribution < 1.29 is 9.53 Å². The molecule has 1 fully saturated rings. The summed E-state index contributed by atoms with van der Waals surface area (Å²) in [5.74, 6) is 0.587. The summed E-state index contributed by atoms with van der Waals surface area (Å²) in [5, 5.41) is 3.04. The van der Waals surface area contributed by atoms with Gasteiger partial charge in [0.25, 0.3) is 5.91 Å². The van der Waals surface area contributed by atoms with Gasteiger partial charge in [0.2, 0.25) is 0 Å². The van der Waals surface area contributed by atoms with Gasteiger partial charge in [-0.05, 0) is 31.9 Å². The number of amides is 1. The summed E-state index contributed by atoms with van der Waals surface area (Å²) >= 11 is 0.